The van der Waals surface area contributed by atoms with Crippen LogP contribution in [0.1, 0.15) is 27.7 Å². The third kappa shape index (κ3) is 3.94. The lowest BCUT2D eigenvalue weighted by molar-refractivity contribution is 0.0684. The Morgan fingerprint density at radius 1 is 1.19 bits per heavy atom. The Morgan fingerprint density at radius 2 is 1.69 bits per heavy atom. The Labute approximate surface area is 112 Å². The molecular formula is C13H20INO. The predicted molar refractivity (Wildman–Crippen MR) is 76.7 cm³/mol. The van der Waals surface area contributed by atoms with E-state index in [0.29, 0.717) is 0 Å². The summed E-state index contributed by atoms with van der Waals surface area (Å²) in [5, 5.41) is 0. The molecule has 0 aromatic heterocycles. The zero-order valence-corrected chi connectivity index (χ0v) is 12.5. The molecule has 1 aromatic rings. The highest BCUT2D eigenvalue weighted by molar-refractivity contribution is 14.1. The monoisotopic (exact) mass is 333 g/mol. The Morgan fingerprint density at radius 3 is 2.06 bits per heavy atom. The molecule has 0 fully saturated rings. The topological polar surface area (TPSA) is 35.2 Å². The van der Waals surface area contributed by atoms with Gasteiger partial charge < -0.3 is 10.5 Å². The fraction of sp³-hybridized carbons (Fsp3) is 0.538. The van der Waals surface area contributed by atoms with Gasteiger partial charge in [0.25, 0.3) is 0 Å². The van der Waals surface area contributed by atoms with E-state index in [4.69, 9.17) is 10.5 Å². The lowest BCUT2D eigenvalue weighted by Gasteiger charge is -2.34. The lowest BCUT2D eigenvalue weighted by Crippen LogP contribution is -2.45. The number of benzene rings is 1. The summed E-state index contributed by atoms with van der Waals surface area (Å²) < 4.78 is 7.17. The quantitative estimate of drug-likeness (QED) is 0.860. The minimum atomic E-state index is 0.0132. The Hall–Kier alpha value is -0.290. The molecule has 1 aromatic carbocycles. The molecule has 3 heteroatoms. The van der Waals surface area contributed by atoms with E-state index < -0.39 is 0 Å². The zero-order valence-electron chi connectivity index (χ0n) is 10.3. The molecular weight excluding hydrogens is 313 g/mol. The van der Waals surface area contributed by atoms with Gasteiger partial charge in [-0.05, 0) is 53.8 Å². The average molecular weight is 333 g/mol. The maximum absolute atomic E-state index is 5.97. The van der Waals surface area contributed by atoms with Crippen molar-refractivity contribution in [1.29, 1.82) is 0 Å². The first-order chi connectivity index (χ1) is 7.30. The van der Waals surface area contributed by atoms with Gasteiger partial charge in [0.2, 0.25) is 0 Å². The predicted octanol–water partition coefficient (Wildman–Crippen LogP) is 3.43. The first-order valence-corrected chi connectivity index (χ1v) is 6.56. The largest absolute Gasteiger partial charge is 0.488 e. The van der Waals surface area contributed by atoms with Gasteiger partial charge in [0, 0.05) is 15.0 Å². The molecule has 1 rings (SSSR count). The van der Waals surface area contributed by atoms with Crippen LogP contribution in [0.25, 0.3) is 0 Å². The first kappa shape index (κ1) is 13.8. The van der Waals surface area contributed by atoms with E-state index in [1.165, 1.54) is 3.57 Å². The van der Waals surface area contributed by atoms with Gasteiger partial charge in [0.1, 0.15) is 11.9 Å². The van der Waals surface area contributed by atoms with Crippen molar-refractivity contribution in [3.8, 4) is 5.75 Å². The van der Waals surface area contributed by atoms with Crippen molar-refractivity contribution in [2.24, 2.45) is 11.1 Å². The SMILES string of the molecule is CC(N)C(Oc1ccc(I)cc1)C(C)(C)C. The summed E-state index contributed by atoms with van der Waals surface area (Å²) in [6.07, 6.45) is 0.0209. The molecule has 0 aliphatic heterocycles. The number of nitrogens with two attached hydrogens (primary N) is 1. The van der Waals surface area contributed by atoms with Crippen LogP contribution in [-0.2, 0) is 0 Å². The molecule has 16 heavy (non-hydrogen) atoms. The minimum Gasteiger partial charge on any atom is -0.488 e. The lowest BCUT2D eigenvalue weighted by atomic mass is 9.85. The van der Waals surface area contributed by atoms with Gasteiger partial charge in [0.15, 0.2) is 0 Å². The molecule has 0 aliphatic rings. The van der Waals surface area contributed by atoms with E-state index in [0.717, 1.165) is 5.75 Å². The molecule has 2 unspecified atom stereocenters. The van der Waals surface area contributed by atoms with Crippen LogP contribution in [-0.4, -0.2) is 12.1 Å². The van der Waals surface area contributed by atoms with E-state index in [-0.39, 0.29) is 17.6 Å². The molecule has 0 bridgehead atoms. The van der Waals surface area contributed by atoms with Gasteiger partial charge in [-0.1, -0.05) is 20.8 Å². The summed E-state index contributed by atoms with van der Waals surface area (Å²) in [4.78, 5) is 0. The second-order valence-corrected chi connectivity index (χ2v) is 6.46. The van der Waals surface area contributed by atoms with Crippen LogP contribution >= 0.6 is 22.6 Å². The van der Waals surface area contributed by atoms with Crippen LogP contribution in [0.3, 0.4) is 0 Å². The van der Waals surface area contributed by atoms with Gasteiger partial charge in [-0.25, -0.2) is 0 Å². The van der Waals surface area contributed by atoms with Crippen LogP contribution in [0.2, 0.25) is 0 Å². The van der Waals surface area contributed by atoms with Crippen molar-refractivity contribution in [3.63, 3.8) is 0 Å². The summed E-state index contributed by atoms with van der Waals surface area (Å²) in [7, 11) is 0. The van der Waals surface area contributed by atoms with E-state index in [1.807, 2.05) is 31.2 Å². The summed E-state index contributed by atoms with van der Waals surface area (Å²) in [5.74, 6) is 0.887. The highest BCUT2D eigenvalue weighted by atomic mass is 127. The van der Waals surface area contributed by atoms with Crippen molar-refractivity contribution >= 4 is 22.6 Å². The zero-order chi connectivity index (χ0) is 12.3. The summed E-state index contributed by atoms with van der Waals surface area (Å²) in [6.45, 7) is 8.43. The number of hydrogen-bond donors (Lipinski definition) is 1. The number of ether oxygens (including phenoxy) is 1. The highest BCUT2D eigenvalue weighted by Gasteiger charge is 2.29. The van der Waals surface area contributed by atoms with Crippen LogP contribution in [0.15, 0.2) is 24.3 Å². The molecule has 0 amide bonds. The Bertz CT molecular complexity index is 327. The molecule has 2 N–H and O–H groups in total. The van der Waals surface area contributed by atoms with E-state index in [9.17, 15) is 0 Å². The maximum atomic E-state index is 5.97. The van der Waals surface area contributed by atoms with Gasteiger partial charge >= 0.3 is 0 Å². The van der Waals surface area contributed by atoms with Crippen LogP contribution in [0.4, 0.5) is 0 Å². The van der Waals surface area contributed by atoms with Gasteiger partial charge in [-0.15, -0.1) is 0 Å². The number of halogens is 1. The Kier molecular flexibility index (Phi) is 4.62. The highest BCUT2D eigenvalue weighted by Crippen LogP contribution is 2.26. The molecule has 0 spiro atoms. The molecule has 0 heterocycles. The third-order valence-electron chi connectivity index (χ3n) is 2.41. The fourth-order valence-corrected chi connectivity index (χ4v) is 2.09. The maximum Gasteiger partial charge on any atom is 0.119 e. The Balaban J connectivity index is 2.80. The van der Waals surface area contributed by atoms with Crippen molar-refractivity contribution in [3.05, 3.63) is 27.8 Å². The molecule has 2 atom stereocenters. The standard InChI is InChI=1S/C13H20INO/c1-9(15)12(13(2,3)4)16-11-7-5-10(14)6-8-11/h5-9,12H,15H2,1-4H3. The average Bonchev–Trinajstić information content (AvgIpc) is 2.14. The fourth-order valence-electron chi connectivity index (χ4n) is 1.73. The second-order valence-electron chi connectivity index (χ2n) is 5.22. The van der Waals surface area contributed by atoms with Crippen LogP contribution in [0.5, 0.6) is 5.75 Å². The molecule has 0 aliphatic carbocycles. The normalized spacial score (nSPS) is 15.6. The summed E-state index contributed by atoms with van der Waals surface area (Å²) >= 11 is 2.28. The minimum absolute atomic E-state index is 0.0132. The molecule has 0 radical (unpaired) electrons. The first-order valence-electron chi connectivity index (χ1n) is 5.48. The number of hydrogen-bond acceptors (Lipinski definition) is 2. The van der Waals surface area contributed by atoms with Gasteiger partial charge in [-0.2, -0.15) is 0 Å². The van der Waals surface area contributed by atoms with Crippen LogP contribution in [0, 0.1) is 8.99 Å². The van der Waals surface area contributed by atoms with Crippen LogP contribution < -0.4 is 10.5 Å². The molecule has 0 saturated heterocycles. The smallest absolute Gasteiger partial charge is 0.119 e. The van der Waals surface area contributed by atoms with Gasteiger partial charge in [-0.3, -0.25) is 0 Å². The summed E-state index contributed by atoms with van der Waals surface area (Å²) in [6, 6.07) is 8.07. The van der Waals surface area contributed by atoms with E-state index in [1.54, 1.807) is 0 Å². The second kappa shape index (κ2) is 5.36. The number of rotatable bonds is 3. The molecule has 90 valence electrons. The molecule has 0 saturated carbocycles. The van der Waals surface area contributed by atoms with Crippen molar-refractivity contribution in [1.82, 2.24) is 0 Å². The van der Waals surface area contributed by atoms with Crippen molar-refractivity contribution in [2.75, 3.05) is 0 Å². The van der Waals surface area contributed by atoms with E-state index >= 15 is 0 Å². The van der Waals surface area contributed by atoms with E-state index in [2.05, 4.69) is 43.4 Å². The van der Waals surface area contributed by atoms with Crippen molar-refractivity contribution in [2.45, 2.75) is 39.8 Å². The van der Waals surface area contributed by atoms with Crippen molar-refractivity contribution < 1.29 is 4.74 Å². The summed E-state index contributed by atoms with van der Waals surface area (Å²) in [5.41, 5.74) is 6.01. The third-order valence-corrected chi connectivity index (χ3v) is 3.13. The molecule has 2 nitrogen and oxygen atoms in total. The van der Waals surface area contributed by atoms with Gasteiger partial charge in [0.05, 0.1) is 0 Å².